The van der Waals surface area contributed by atoms with Crippen LogP contribution in [0.5, 0.6) is 0 Å². The molecule has 0 amide bonds. The van der Waals surface area contributed by atoms with Crippen molar-refractivity contribution < 1.29 is 0 Å². The third-order valence-corrected chi connectivity index (χ3v) is 5.59. The van der Waals surface area contributed by atoms with E-state index in [0.29, 0.717) is 5.92 Å². The summed E-state index contributed by atoms with van der Waals surface area (Å²) in [7, 11) is 3.84. The summed E-state index contributed by atoms with van der Waals surface area (Å²) in [6, 6.07) is 4.29. The minimum Gasteiger partial charge on any atom is -0.357 e. The number of rotatable bonds is 4. The third kappa shape index (κ3) is 4.76. The Hall–Kier alpha value is -1.84. The molecule has 2 fully saturated rings. The molecule has 1 unspecified atom stereocenters. The van der Waals surface area contributed by atoms with Crippen molar-refractivity contribution in [3.63, 3.8) is 0 Å². The van der Waals surface area contributed by atoms with Crippen LogP contribution in [0.15, 0.2) is 35.7 Å². The van der Waals surface area contributed by atoms with Gasteiger partial charge in [-0.05, 0) is 42.5 Å². The highest BCUT2D eigenvalue weighted by molar-refractivity contribution is 14.0. The van der Waals surface area contributed by atoms with Crippen LogP contribution in [0.4, 0.5) is 5.82 Å². The van der Waals surface area contributed by atoms with Gasteiger partial charge in [-0.3, -0.25) is 9.67 Å². The van der Waals surface area contributed by atoms with E-state index in [9.17, 15) is 0 Å². The molecule has 2 aliphatic heterocycles. The molecule has 0 aromatic carbocycles. The molecule has 2 aliphatic rings. The molecule has 0 radical (unpaired) electrons. The van der Waals surface area contributed by atoms with Crippen molar-refractivity contribution in [2.24, 2.45) is 12.0 Å². The molecule has 0 spiro atoms. The molecule has 152 valence electrons. The molecule has 8 heteroatoms. The monoisotopic (exact) mass is 495 g/mol. The largest absolute Gasteiger partial charge is 0.357 e. The number of nitrogens with one attached hydrogen (secondary N) is 1. The van der Waals surface area contributed by atoms with Gasteiger partial charge in [-0.1, -0.05) is 0 Å². The Morgan fingerprint density at radius 3 is 2.82 bits per heavy atom. The van der Waals surface area contributed by atoms with Crippen molar-refractivity contribution in [2.75, 3.05) is 38.1 Å². The summed E-state index contributed by atoms with van der Waals surface area (Å²) in [5, 5.41) is 7.84. The first-order valence-electron chi connectivity index (χ1n) is 9.87. The molecule has 1 N–H and O–H groups in total. The molecule has 4 rings (SSSR count). The number of pyridine rings is 1. The van der Waals surface area contributed by atoms with Gasteiger partial charge in [-0.25, -0.2) is 4.98 Å². The van der Waals surface area contributed by atoms with Crippen molar-refractivity contribution in [1.29, 1.82) is 0 Å². The number of anilines is 1. The van der Waals surface area contributed by atoms with E-state index in [4.69, 9.17) is 0 Å². The van der Waals surface area contributed by atoms with Gasteiger partial charge in [0.2, 0.25) is 0 Å². The zero-order valence-corrected chi connectivity index (χ0v) is 19.0. The number of aryl methyl sites for hydroxylation is 1. The van der Waals surface area contributed by atoms with Gasteiger partial charge in [-0.15, -0.1) is 24.0 Å². The topological polar surface area (TPSA) is 61.6 Å². The van der Waals surface area contributed by atoms with Crippen molar-refractivity contribution in [1.82, 2.24) is 25.0 Å². The van der Waals surface area contributed by atoms with Gasteiger partial charge in [0.05, 0.1) is 6.20 Å². The summed E-state index contributed by atoms with van der Waals surface area (Å²) in [4.78, 5) is 13.8. The quantitative estimate of drug-likeness (QED) is 0.402. The molecule has 0 aliphatic carbocycles. The molecule has 4 heterocycles. The minimum atomic E-state index is 0. The van der Waals surface area contributed by atoms with Crippen molar-refractivity contribution >= 4 is 35.8 Å². The lowest BCUT2D eigenvalue weighted by Crippen LogP contribution is -2.39. The Morgan fingerprint density at radius 2 is 2.11 bits per heavy atom. The van der Waals surface area contributed by atoms with Crippen LogP contribution in [0.3, 0.4) is 0 Å². The lowest BCUT2D eigenvalue weighted by Gasteiger charge is -2.22. The smallest absolute Gasteiger partial charge is 0.193 e. The van der Waals surface area contributed by atoms with E-state index in [0.717, 1.165) is 50.9 Å². The van der Waals surface area contributed by atoms with Gasteiger partial charge >= 0.3 is 0 Å². The van der Waals surface area contributed by atoms with E-state index in [1.165, 1.54) is 24.0 Å². The van der Waals surface area contributed by atoms with Crippen LogP contribution >= 0.6 is 24.0 Å². The molecule has 0 saturated carbocycles. The Labute approximate surface area is 184 Å². The average molecular weight is 495 g/mol. The van der Waals surface area contributed by atoms with E-state index in [-0.39, 0.29) is 24.0 Å². The molecule has 1 atom stereocenters. The summed E-state index contributed by atoms with van der Waals surface area (Å²) in [6.07, 6.45) is 9.71. The first-order chi connectivity index (χ1) is 13.2. The summed E-state index contributed by atoms with van der Waals surface area (Å²) < 4.78 is 1.88. The number of hydrogen-bond acceptors (Lipinski definition) is 4. The second-order valence-corrected chi connectivity index (χ2v) is 7.50. The zero-order chi connectivity index (χ0) is 18.6. The van der Waals surface area contributed by atoms with Gasteiger partial charge < -0.3 is 15.1 Å². The number of guanidine groups is 1. The van der Waals surface area contributed by atoms with Crippen molar-refractivity contribution in [2.45, 2.75) is 31.7 Å². The summed E-state index contributed by atoms with van der Waals surface area (Å²) in [6.45, 7) is 5.02. The fraction of sp³-hybridized carbons (Fsp3) is 0.550. The first kappa shape index (κ1) is 20.9. The average Bonchev–Trinajstić information content (AvgIpc) is 3.44. The summed E-state index contributed by atoms with van der Waals surface area (Å²) in [5.41, 5.74) is 2.57. The molecular formula is C20H30IN7. The molecule has 2 aromatic heterocycles. The minimum absolute atomic E-state index is 0. The number of halogens is 1. The number of nitrogens with zero attached hydrogens (tertiary/aromatic N) is 6. The van der Waals surface area contributed by atoms with E-state index < -0.39 is 0 Å². The molecule has 28 heavy (non-hydrogen) atoms. The lowest BCUT2D eigenvalue weighted by atomic mass is 10.0. The number of hydrogen-bond donors (Lipinski definition) is 1. The number of aromatic nitrogens is 3. The molecule has 7 nitrogen and oxygen atoms in total. The van der Waals surface area contributed by atoms with E-state index in [1.54, 1.807) is 0 Å². The number of aliphatic imine (C=N–C) groups is 1. The van der Waals surface area contributed by atoms with Gasteiger partial charge in [0.15, 0.2) is 5.96 Å². The van der Waals surface area contributed by atoms with E-state index in [1.807, 2.05) is 31.2 Å². The van der Waals surface area contributed by atoms with Crippen LogP contribution in [-0.4, -0.2) is 58.9 Å². The SMILES string of the molecule is CN=C(NCc1ccnc(N2CCCC2)c1)N1CCC(c2cnn(C)c2)C1.I. The lowest BCUT2D eigenvalue weighted by molar-refractivity contribution is 0.486. The normalized spacial score (nSPS) is 19.8. The van der Waals surface area contributed by atoms with E-state index >= 15 is 0 Å². The second kappa shape index (κ2) is 9.58. The molecule has 0 bridgehead atoms. The van der Waals surface area contributed by atoms with Crippen LogP contribution < -0.4 is 10.2 Å². The maximum atomic E-state index is 4.54. The van der Waals surface area contributed by atoms with Gasteiger partial charge in [-0.2, -0.15) is 5.10 Å². The van der Waals surface area contributed by atoms with Crippen molar-refractivity contribution in [3.05, 3.63) is 41.9 Å². The fourth-order valence-corrected chi connectivity index (χ4v) is 4.08. The second-order valence-electron chi connectivity index (χ2n) is 7.50. The van der Waals surface area contributed by atoms with Gasteiger partial charge in [0, 0.05) is 65.1 Å². The number of likely N-dealkylation sites (tertiary alicyclic amines) is 1. The summed E-state index contributed by atoms with van der Waals surface area (Å²) in [5.74, 6) is 2.60. The predicted molar refractivity (Wildman–Crippen MR) is 123 cm³/mol. The zero-order valence-electron chi connectivity index (χ0n) is 16.7. The van der Waals surface area contributed by atoms with Crippen LogP contribution in [-0.2, 0) is 13.6 Å². The third-order valence-electron chi connectivity index (χ3n) is 5.59. The first-order valence-corrected chi connectivity index (χ1v) is 9.87. The molecular weight excluding hydrogens is 465 g/mol. The maximum Gasteiger partial charge on any atom is 0.193 e. The van der Waals surface area contributed by atoms with Gasteiger partial charge in [0.25, 0.3) is 0 Å². The Balaban J connectivity index is 0.00000225. The highest BCUT2D eigenvalue weighted by atomic mass is 127. The Bertz CT molecular complexity index is 797. The maximum absolute atomic E-state index is 4.54. The Morgan fingerprint density at radius 1 is 1.29 bits per heavy atom. The van der Waals surface area contributed by atoms with Crippen molar-refractivity contribution in [3.8, 4) is 0 Å². The van der Waals surface area contributed by atoms with E-state index in [2.05, 4.69) is 48.5 Å². The Kier molecular flexibility index (Phi) is 7.14. The fourth-order valence-electron chi connectivity index (χ4n) is 4.08. The van der Waals surface area contributed by atoms with Gasteiger partial charge in [0.1, 0.15) is 5.82 Å². The van der Waals surface area contributed by atoms with Crippen LogP contribution in [0.25, 0.3) is 0 Å². The molecule has 2 saturated heterocycles. The highest BCUT2D eigenvalue weighted by Gasteiger charge is 2.26. The van der Waals surface area contributed by atoms with Crippen LogP contribution in [0, 0.1) is 0 Å². The highest BCUT2D eigenvalue weighted by Crippen LogP contribution is 2.26. The van der Waals surface area contributed by atoms with Crippen LogP contribution in [0.1, 0.15) is 36.3 Å². The van der Waals surface area contributed by atoms with Crippen LogP contribution in [0.2, 0.25) is 0 Å². The predicted octanol–water partition coefficient (Wildman–Crippen LogP) is 2.60. The summed E-state index contributed by atoms with van der Waals surface area (Å²) >= 11 is 0. The standard InChI is InChI=1S/C20H29N7.HI/c1-21-20(27-10-6-17(15-27)18-13-24-25(2)14-18)23-12-16-5-7-22-19(11-16)26-8-3-4-9-26;/h5,7,11,13-14,17H,3-4,6,8-10,12,15H2,1-2H3,(H,21,23);1H. The molecule has 2 aromatic rings.